The molecule has 2 aliphatic rings. The zero-order chi connectivity index (χ0) is 54.0. The highest BCUT2D eigenvalue weighted by Gasteiger charge is 2.43. The van der Waals surface area contributed by atoms with Gasteiger partial charge in [-0.1, -0.05) is 234 Å². The molecule has 12 aromatic carbocycles. The molecule has 2 heteroatoms. The van der Waals surface area contributed by atoms with Gasteiger partial charge in [-0.25, -0.2) is 0 Å². The minimum absolute atomic E-state index is 0.296. The summed E-state index contributed by atoms with van der Waals surface area (Å²) >= 11 is 0. The van der Waals surface area contributed by atoms with E-state index in [0.717, 1.165) is 34.1 Å². The van der Waals surface area contributed by atoms with Gasteiger partial charge in [-0.3, -0.25) is 0 Å². The van der Waals surface area contributed by atoms with Crippen LogP contribution in [-0.2, 0) is 10.8 Å². The Bertz CT molecular complexity index is 4040. The van der Waals surface area contributed by atoms with Crippen molar-refractivity contribution in [1.82, 2.24) is 0 Å². The summed E-state index contributed by atoms with van der Waals surface area (Å²) in [6, 6.07) is 107. The fourth-order valence-electron chi connectivity index (χ4n) is 12.9. The molecule has 0 spiro atoms. The standard InChI is InChI=1S/C78H60N2/c1-77(2)73-50-66(79(62-38-30-57(31-39-62)53-20-10-5-11-21-53)63-40-32-58(33-41-63)54-22-12-6-13-23-54)46-47-68(73)70-51-75-71(52-74(70)77)72-49-67(48-69(76(72)78(75,3)4)61-28-18-9-19-29-61)80(64-42-34-59(35-43-64)55-24-14-7-15-25-55)65-44-36-60(37-45-65)56-26-16-8-17-27-56/h5-52H,1-4H3. The second kappa shape index (κ2) is 19.6. The quantitative estimate of drug-likeness (QED) is 0.127. The molecule has 12 aromatic rings. The van der Waals surface area contributed by atoms with Crippen molar-refractivity contribution in [2.24, 2.45) is 0 Å². The van der Waals surface area contributed by atoms with Gasteiger partial charge in [0.2, 0.25) is 0 Å². The highest BCUT2D eigenvalue weighted by Crippen LogP contribution is 2.59. The first-order valence-corrected chi connectivity index (χ1v) is 28.0. The minimum Gasteiger partial charge on any atom is -0.310 e. The van der Waals surface area contributed by atoms with Crippen LogP contribution in [0, 0.1) is 0 Å². The van der Waals surface area contributed by atoms with E-state index in [1.807, 2.05) is 0 Å². The number of rotatable bonds is 11. The Kier molecular flexibility index (Phi) is 11.9. The van der Waals surface area contributed by atoms with Gasteiger partial charge in [-0.15, -0.1) is 0 Å². The lowest BCUT2D eigenvalue weighted by Crippen LogP contribution is -2.18. The molecule has 80 heavy (non-hydrogen) atoms. The van der Waals surface area contributed by atoms with Crippen molar-refractivity contribution in [3.05, 3.63) is 313 Å². The molecule has 0 heterocycles. The molecule has 0 N–H and O–H groups in total. The normalized spacial score (nSPS) is 13.2. The first-order chi connectivity index (χ1) is 39.2. The van der Waals surface area contributed by atoms with Gasteiger partial charge in [0.1, 0.15) is 0 Å². The molecular weight excluding hydrogens is 965 g/mol. The van der Waals surface area contributed by atoms with Crippen molar-refractivity contribution in [2.45, 2.75) is 38.5 Å². The zero-order valence-corrected chi connectivity index (χ0v) is 45.6. The highest BCUT2D eigenvalue weighted by atomic mass is 15.1. The second-order valence-electron chi connectivity index (χ2n) is 22.5. The predicted molar refractivity (Wildman–Crippen MR) is 338 cm³/mol. The summed E-state index contributed by atoms with van der Waals surface area (Å²) in [6.45, 7) is 9.72. The van der Waals surface area contributed by atoms with Crippen LogP contribution >= 0.6 is 0 Å². The molecular formula is C78H60N2. The number of hydrogen-bond acceptors (Lipinski definition) is 2. The van der Waals surface area contributed by atoms with E-state index in [0.29, 0.717) is 0 Å². The minimum atomic E-state index is -0.301. The van der Waals surface area contributed by atoms with Crippen LogP contribution in [0.4, 0.5) is 34.1 Å². The summed E-state index contributed by atoms with van der Waals surface area (Å²) in [5.74, 6) is 0. The molecule has 0 aromatic heterocycles. The van der Waals surface area contributed by atoms with Crippen molar-refractivity contribution in [3.63, 3.8) is 0 Å². The number of fused-ring (bicyclic) bond motifs is 6. The first kappa shape index (κ1) is 48.6. The Morgan fingerprint density at radius 1 is 0.200 bits per heavy atom. The lowest BCUT2D eigenvalue weighted by molar-refractivity contribution is 0.653. The molecule has 2 nitrogen and oxygen atoms in total. The van der Waals surface area contributed by atoms with Crippen LogP contribution in [0.1, 0.15) is 49.9 Å². The second-order valence-corrected chi connectivity index (χ2v) is 22.5. The average molecular weight is 1030 g/mol. The fourth-order valence-corrected chi connectivity index (χ4v) is 12.9. The van der Waals surface area contributed by atoms with E-state index >= 15 is 0 Å². The van der Waals surface area contributed by atoms with E-state index in [1.165, 1.54) is 100 Å². The van der Waals surface area contributed by atoms with Crippen LogP contribution in [0.2, 0.25) is 0 Å². The molecule has 0 aliphatic heterocycles. The SMILES string of the molecule is CC1(C)c2cc(N(c3ccc(-c4ccccc4)cc3)c3ccc(-c4ccccc4)cc3)ccc2-c2cc3c(cc21)-c1cc(N(c2ccc(-c4ccccc4)cc2)c2ccc(-c4ccccc4)cc2)cc(-c2ccccc2)c1C3(C)C. The van der Waals surface area contributed by atoms with E-state index in [-0.39, 0.29) is 10.8 Å². The van der Waals surface area contributed by atoms with Crippen molar-refractivity contribution in [2.75, 3.05) is 9.80 Å². The van der Waals surface area contributed by atoms with Gasteiger partial charge in [0.15, 0.2) is 0 Å². The lowest BCUT2D eigenvalue weighted by Gasteiger charge is -2.29. The molecule has 0 bridgehead atoms. The molecule has 2 aliphatic carbocycles. The summed E-state index contributed by atoms with van der Waals surface area (Å²) in [7, 11) is 0. The Morgan fingerprint density at radius 2 is 0.487 bits per heavy atom. The van der Waals surface area contributed by atoms with Crippen molar-refractivity contribution >= 4 is 34.1 Å². The Balaban J connectivity index is 0.900. The van der Waals surface area contributed by atoms with Gasteiger partial charge >= 0.3 is 0 Å². The molecule has 0 saturated carbocycles. The molecule has 0 amide bonds. The predicted octanol–water partition coefficient (Wildman–Crippen LogP) is 21.6. The summed E-state index contributed by atoms with van der Waals surface area (Å²) in [4.78, 5) is 4.87. The van der Waals surface area contributed by atoms with Crippen LogP contribution in [0.3, 0.4) is 0 Å². The topological polar surface area (TPSA) is 6.48 Å². The summed E-state index contributed by atoms with van der Waals surface area (Å²) < 4.78 is 0. The summed E-state index contributed by atoms with van der Waals surface area (Å²) in [5, 5.41) is 0. The molecule has 0 unspecified atom stereocenters. The van der Waals surface area contributed by atoms with Crippen LogP contribution in [0.15, 0.2) is 291 Å². The van der Waals surface area contributed by atoms with Crippen LogP contribution in [0.25, 0.3) is 77.9 Å². The largest absolute Gasteiger partial charge is 0.310 e. The smallest absolute Gasteiger partial charge is 0.0474 e. The van der Waals surface area contributed by atoms with Gasteiger partial charge in [0, 0.05) is 45.0 Å². The maximum absolute atomic E-state index is 2.56. The Labute approximate surface area is 471 Å². The number of anilines is 6. The highest BCUT2D eigenvalue weighted by molar-refractivity contribution is 5.97. The van der Waals surface area contributed by atoms with E-state index in [4.69, 9.17) is 0 Å². The lowest BCUT2D eigenvalue weighted by atomic mass is 9.77. The van der Waals surface area contributed by atoms with Gasteiger partial charge in [0.25, 0.3) is 0 Å². The molecule has 14 rings (SSSR count). The number of benzene rings is 12. The van der Waals surface area contributed by atoms with E-state index in [2.05, 4.69) is 329 Å². The third-order valence-corrected chi connectivity index (χ3v) is 17.0. The van der Waals surface area contributed by atoms with Gasteiger partial charge in [-0.2, -0.15) is 0 Å². The van der Waals surface area contributed by atoms with Crippen molar-refractivity contribution in [1.29, 1.82) is 0 Å². The first-order valence-electron chi connectivity index (χ1n) is 28.0. The number of nitrogens with zero attached hydrogens (tertiary/aromatic N) is 2. The molecule has 0 atom stereocenters. The van der Waals surface area contributed by atoms with E-state index < -0.39 is 0 Å². The number of hydrogen-bond donors (Lipinski definition) is 0. The van der Waals surface area contributed by atoms with Gasteiger partial charge in [0.05, 0.1) is 0 Å². The fraction of sp³-hybridized carbons (Fsp3) is 0.0769. The molecule has 0 radical (unpaired) electrons. The summed E-state index contributed by atoms with van der Waals surface area (Å²) in [5.41, 5.74) is 28.8. The van der Waals surface area contributed by atoms with E-state index in [9.17, 15) is 0 Å². The third-order valence-electron chi connectivity index (χ3n) is 17.0. The molecule has 0 fully saturated rings. The van der Waals surface area contributed by atoms with Gasteiger partial charge < -0.3 is 9.80 Å². The molecule has 0 saturated heterocycles. The van der Waals surface area contributed by atoms with Crippen molar-refractivity contribution in [3.8, 4) is 77.9 Å². The third kappa shape index (κ3) is 8.44. The van der Waals surface area contributed by atoms with Crippen molar-refractivity contribution < 1.29 is 0 Å². The van der Waals surface area contributed by atoms with Crippen LogP contribution in [0.5, 0.6) is 0 Å². The van der Waals surface area contributed by atoms with Gasteiger partial charge in [-0.05, 0) is 185 Å². The monoisotopic (exact) mass is 1020 g/mol. The average Bonchev–Trinajstić information content (AvgIpc) is 3.50. The Hall–Kier alpha value is -9.76. The Morgan fingerprint density at radius 3 is 0.875 bits per heavy atom. The maximum Gasteiger partial charge on any atom is 0.0474 e. The van der Waals surface area contributed by atoms with E-state index in [1.54, 1.807) is 0 Å². The maximum atomic E-state index is 2.56. The summed E-state index contributed by atoms with van der Waals surface area (Å²) in [6.07, 6.45) is 0. The molecule has 382 valence electrons. The zero-order valence-electron chi connectivity index (χ0n) is 45.6. The van der Waals surface area contributed by atoms with Crippen LogP contribution < -0.4 is 9.80 Å². The van der Waals surface area contributed by atoms with Crippen LogP contribution in [-0.4, -0.2) is 0 Å².